The average molecular weight is 491 g/mol. The van der Waals surface area contributed by atoms with Crippen LogP contribution in [-0.2, 0) is 19.6 Å². The van der Waals surface area contributed by atoms with Crippen molar-refractivity contribution >= 4 is 33.3 Å². The van der Waals surface area contributed by atoms with E-state index in [-0.39, 0.29) is 40.9 Å². The van der Waals surface area contributed by atoms with E-state index in [0.29, 0.717) is 13.1 Å². The molecule has 1 fully saturated rings. The van der Waals surface area contributed by atoms with Crippen molar-refractivity contribution in [2.75, 3.05) is 38.2 Å². The molecule has 1 amide bonds. The number of carbonyl (C=O) groups excluding carboxylic acids is 2. The van der Waals surface area contributed by atoms with Crippen LogP contribution in [0.4, 0.5) is 11.4 Å². The van der Waals surface area contributed by atoms with E-state index in [1.54, 1.807) is 0 Å². The Morgan fingerprint density at radius 1 is 1.09 bits per heavy atom. The van der Waals surface area contributed by atoms with Crippen molar-refractivity contribution in [3.8, 4) is 11.5 Å². The van der Waals surface area contributed by atoms with Gasteiger partial charge in [0.05, 0.1) is 15.9 Å². The van der Waals surface area contributed by atoms with Gasteiger partial charge in [-0.2, -0.15) is 4.31 Å². The van der Waals surface area contributed by atoms with Gasteiger partial charge in [0.2, 0.25) is 10.0 Å². The van der Waals surface area contributed by atoms with Gasteiger partial charge in [-0.1, -0.05) is 6.07 Å². The lowest BCUT2D eigenvalue weighted by molar-refractivity contribution is -0.385. The van der Waals surface area contributed by atoms with Crippen molar-refractivity contribution in [1.82, 2.24) is 4.31 Å². The Hall–Kier alpha value is -3.71. The summed E-state index contributed by atoms with van der Waals surface area (Å²) in [6, 6.07) is 7.94. The number of hydrogen-bond acceptors (Lipinski definition) is 9. The summed E-state index contributed by atoms with van der Waals surface area (Å²) in [5.74, 6) is -1.55. The van der Waals surface area contributed by atoms with Crippen LogP contribution >= 0.6 is 0 Å². The molecule has 2 aliphatic heterocycles. The van der Waals surface area contributed by atoms with Crippen LogP contribution in [0.25, 0.3) is 0 Å². The molecule has 4 rings (SSSR count). The molecule has 0 radical (unpaired) electrons. The first kappa shape index (κ1) is 23.4. The number of anilines is 1. The quantitative estimate of drug-likeness (QED) is 0.347. The monoisotopic (exact) mass is 491 g/mol. The Balaban J connectivity index is 1.42. The molecule has 13 heteroatoms. The number of nitrogens with one attached hydrogen (secondary N) is 1. The first-order valence-electron chi connectivity index (χ1n) is 10.4. The first-order chi connectivity index (χ1) is 16.3. The largest absolute Gasteiger partial charge is 0.486 e. The number of hydrogen-bond donors (Lipinski definition) is 1. The molecule has 180 valence electrons. The number of ether oxygens (including phenoxy) is 3. The van der Waals surface area contributed by atoms with E-state index in [2.05, 4.69) is 5.32 Å². The fourth-order valence-corrected chi connectivity index (χ4v) is 5.17. The van der Waals surface area contributed by atoms with E-state index in [1.165, 1.54) is 28.6 Å². The minimum atomic E-state index is -3.67. The number of sulfonamides is 1. The SMILES string of the molecule is O=C(COC(=O)c1cc2c(cc1[N+](=O)[O-])OCCO2)Nc1cccc(S(=O)(=O)N2CCCC2)c1. The number of fused-ring (bicyclic) bond motifs is 1. The second kappa shape index (κ2) is 9.65. The summed E-state index contributed by atoms with van der Waals surface area (Å²) in [4.78, 5) is 35.4. The van der Waals surface area contributed by atoms with E-state index in [9.17, 15) is 28.1 Å². The van der Waals surface area contributed by atoms with Crippen molar-refractivity contribution in [3.05, 3.63) is 52.1 Å². The number of nitro benzene ring substituents is 1. The lowest BCUT2D eigenvalue weighted by Crippen LogP contribution is -2.28. The molecule has 34 heavy (non-hydrogen) atoms. The third-order valence-corrected chi connectivity index (χ3v) is 7.13. The van der Waals surface area contributed by atoms with Gasteiger partial charge >= 0.3 is 5.97 Å². The van der Waals surface area contributed by atoms with Crippen LogP contribution in [-0.4, -0.2) is 62.4 Å². The molecular formula is C21H21N3O9S. The molecule has 0 aliphatic carbocycles. The maximum atomic E-state index is 12.7. The Labute approximate surface area is 194 Å². The molecule has 0 unspecified atom stereocenters. The minimum absolute atomic E-state index is 0.0381. The molecule has 1 N–H and O–H groups in total. The van der Waals surface area contributed by atoms with E-state index >= 15 is 0 Å². The van der Waals surface area contributed by atoms with Gasteiger partial charge in [0, 0.05) is 24.8 Å². The first-order valence-corrected chi connectivity index (χ1v) is 11.8. The van der Waals surface area contributed by atoms with E-state index in [1.807, 2.05) is 0 Å². The standard InChI is InChI=1S/C21H21N3O9S/c25-20(22-14-4-3-5-15(10-14)34(29,30)23-6-1-2-7-23)13-33-21(26)16-11-18-19(32-9-8-31-18)12-17(16)24(27)28/h3-5,10-12H,1-2,6-9,13H2,(H,22,25). The summed E-state index contributed by atoms with van der Waals surface area (Å²) in [5.41, 5.74) is -0.734. The highest BCUT2D eigenvalue weighted by molar-refractivity contribution is 7.89. The van der Waals surface area contributed by atoms with Crippen LogP contribution in [0, 0.1) is 10.1 Å². The van der Waals surface area contributed by atoms with Gasteiger partial charge in [-0.3, -0.25) is 14.9 Å². The number of esters is 1. The molecule has 0 atom stereocenters. The van der Waals surface area contributed by atoms with Gasteiger partial charge in [-0.25, -0.2) is 13.2 Å². The van der Waals surface area contributed by atoms with Crippen LogP contribution in [0.2, 0.25) is 0 Å². The fraction of sp³-hybridized carbons (Fsp3) is 0.333. The van der Waals surface area contributed by atoms with Crippen molar-refractivity contribution < 1.29 is 37.1 Å². The van der Waals surface area contributed by atoms with Crippen LogP contribution in [0.3, 0.4) is 0 Å². The summed E-state index contributed by atoms with van der Waals surface area (Å²) in [6.45, 7) is 0.582. The summed E-state index contributed by atoms with van der Waals surface area (Å²) >= 11 is 0. The minimum Gasteiger partial charge on any atom is -0.486 e. The number of amides is 1. The smallest absolute Gasteiger partial charge is 0.345 e. The van der Waals surface area contributed by atoms with Crippen LogP contribution in [0.5, 0.6) is 11.5 Å². The van der Waals surface area contributed by atoms with E-state index in [4.69, 9.17) is 14.2 Å². The zero-order valence-corrected chi connectivity index (χ0v) is 18.7. The Bertz CT molecular complexity index is 1240. The lowest BCUT2D eigenvalue weighted by Gasteiger charge is -2.18. The van der Waals surface area contributed by atoms with Crippen molar-refractivity contribution in [3.63, 3.8) is 0 Å². The average Bonchev–Trinajstić information content (AvgIpc) is 3.38. The summed E-state index contributed by atoms with van der Waals surface area (Å²) in [6.07, 6.45) is 1.59. The summed E-state index contributed by atoms with van der Waals surface area (Å²) in [5, 5.41) is 13.8. The molecule has 0 aromatic heterocycles. The van der Waals surface area contributed by atoms with E-state index in [0.717, 1.165) is 25.0 Å². The molecule has 0 bridgehead atoms. The zero-order chi connectivity index (χ0) is 24.3. The predicted molar refractivity (Wildman–Crippen MR) is 117 cm³/mol. The highest BCUT2D eigenvalue weighted by atomic mass is 32.2. The second-order valence-corrected chi connectivity index (χ2v) is 9.47. The molecule has 2 aromatic rings. The molecule has 2 aliphatic rings. The maximum Gasteiger partial charge on any atom is 0.345 e. The van der Waals surface area contributed by atoms with Gasteiger partial charge in [0.15, 0.2) is 18.1 Å². The number of nitro groups is 1. The third kappa shape index (κ3) is 4.94. The van der Waals surface area contributed by atoms with Gasteiger partial charge in [-0.05, 0) is 31.0 Å². The van der Waals surface area contributed by atoms with Gasteiger partial charge in [0.1, 0.15) is 18.8 Å². The summed E-state index contributed by atoms with van der Waals surface area (Å²) < 4.78 is 42.4. The molecule has 0 saturated carbocycles. The van der Waals surface area contributed by atoms with Crippen LogP contribution < -0.4 is 14.8 Å². The Kier molecular flexibility index (Phi) is 6.65. The van der Waals surface area contributed by atoms with Gasteiger partial charge in [-0.15, -0.1) is 0 Å². The van der Waals surface area contributed by atoms with Crippen molar-refractivity contribution in [2.24, 2.45) is 0 Å². The van der Waals surface area contributed by atoms with Crippen LogP contribution in [0.15, 0.2) is 41.3 Å². The number of nitrogens with zero attached hydrogens (tertiary/aromatic N) is 2. The maximum absolute atomic E-state index is 12.7. The normalized spacial score (nSPS) is 15.5. The molecule has 0 spiro atoms. The number of benzene rings is 2. The Morgan fingerprint density at radius 3 is 2.44 bits per heavy atom. The summed E-state index contributed by atoms with van der Waals surface area (Å²) in [7, 11) is -3.67. The predicted octanol–water partition coefficient (Wildman–Crippen LogP) is 1.95. The Morgan fingerprint density at radius 2 is 1.76 bits per heavy atom. The van der Waals surface area contributed by atoms with Crippen molar-refractivity contribution in [1.29, 1.82) is 0 Å². The third-order valence-electron chi connectivity index (χ3n) is 5.23. The zero-order valence-electron chi connectivity index (χ0n) is 17.9. The van der Waals surface area contributed by atoms with Crippen LogP contribution in [0.1, 0.15) is 23.2 Å². The molecule has 2 aromatic carbocycles. The molecule has 1 saturated heterocycles. The fourth-order valence-electron chi connectivity index (χ4n) is 3.61. The number of carbonyl (C=O) groups is 2. The highest BCUT2D eigenvalue weighted by Gasteiger charge is 2.29. The number of rotatable bonds is 7. The topological polar surface area (TPSA) is 154 Å². The second-order valence-electron chi connectivity index (χ2n) is 7.53. The lowest BCUT2D eigenvalue weighted by atomic mass is 10.1. The van der Waals surface area contributed by atoms with Crippen molar-refractivity contribution in [2.45, 2.75) is 17.7 Å². The molecule has 2 heterocycles. The van der Waals surface area contributed by atoms with Gasteiger partial charge in [0.25, 0.3) is 11.6 Å². The molecule has 12 nitrogen and oxygen atoms in total. The van der Waals surface area contributed by atoms with Gasteiger partial charge < -0.3 is 19.5 Å². The molecular weight excluding hydrogens is 470 g/mol. The van der Waals surface area contributed by atoms with E-state index < -0.39 is 39.1 Å². The highest BCUT2D eigenvalue weighted by Crippen LogP contribution is 2.36.